The third-order valence-electron chi connectivity index (χ3n) is 8.40. The summed E-state index contributed by atoms with van der Waals surface area (Å²) in [4.78, 5) is 44.6. The lowest BCUT2D eigenvalue weighted by atomic mass is 10.0. The molecule has 0 aliphatic carbocycles. The number of hydrogen-bond acceptors (Lipinski definition) is 6. The van der Waals surface area contributed by atoms with Crippen LogP contribution < -0.4 is 10.6 Å². The summed E-state index contributed by atoms with van der Waals surface area (Å²) in [5.74, 6) is -0.111. The number of hydrogen-bond donors (Lipinski definition) is 2. The molecule has 9 nitrogen and oxygen atoms in total. The van der Waals surface area contributed by atoms with E-state index in [4.69, 9.17) is 4.74 Å². The molecule has 0 aromatic heterocycles. The highest BCUT2D eigenvalue weighted by molar-refractivity contribution is 5.97. The number of likely N-dealkylation sites (N-methyl/N-ethyl adjacent to an activating group) is 1. The van der Waals surface area contributed by atoms with Crippen LogP contribution in [0.4, 0.5) is 16.2 Å². The molecular weight excluding hydrogens is 554 g/mol. The first-order chi connectivity index (χ1) is 21.4. The van der Waals surface area contributed by atoms with Crippen molar-refractivity contribution >= 4 is 29.3 Å². The predicted octanol–water partition coefficient (Wildman–Crippen LogP) is 5.56. The topological polar surface area (TPSA) is 94.2 Å². The zero-order valence-corrected chi connectivity index (χ0v) is 25.5. The average molecular weight is 598 g/mol. The number of benzene rings is 3. The van der Waals surface area contributed by atoms with Gasteiger partial charge >= 0.3 is 6.09 Å². The molecule has 2 aliphatic heterocycles. The Morgan fingerprint density at radius 3 is 2.30 bits per heavy atom. The number of para-hydroxylation sites is 1. The van der Waals surface area contributed by atoms with E-state index >= 15 is 0 Å². The van der Waals surface area contributed by atoms with Gasteiger partial charge in [-0.15, -0.1) is 0 Å². The molecule has 2 N–H and O–H groups in total. The van der Waals surface area contributed by atoms with Gasteiger partial charge < -0.3 is 24.8 Å². The summed E-state index contributed by atoms with van der Waals surface area (Å²) in [6, 6.07) is 24.8. The number of piperidine rings is 1. The fraction of sp³-hybridized carbons (Fsp3) is 0.400. The minimum Gasteiger partial charge on any atom is -0.446 e. The summed E-state index contributed by atoms with van der Waals surface area (Å²) in [5, 5.41) is 5.86. The first kappa shape index (κ1) is 31.2. The monoisotopic (exact) mass is 597 g/mol. The van der Waals surface area contributed by atoms with E-state index in [2.05, 4.69) is 20.4 Å². The number of likely N-dealkylation sites (tertiary alicyclic amines) is 2. The predicted molar refractivity (Wildman–Crippen MR) is 174 cm³/mol. The van der Waals surface area contributed by atoms with Crippen molar-refractivity contribution in [2.75, 3.05) is 63.5 Å². The third-order valence-corrected chi connectivity index (χ3v) is 8.40. The van der Waals surface area contributed by atoms with Gasteiger partial charge in [-0.05, 0) is 68.6 Å². The Bertz CT molecular complexity index is 1400. The van der Waals surface area contributed by atoms with E-state index in [-0.39, 0.29) is 17.9 Å². The van der Waals surface area contributed by atoms with Crippen molar-refractivity contribution in [3.8, 4) is 11.1 Å². The number of anilines is 2. The van der Waals surface area contributed by atoms with Crippen molar-refractivity contribution in [1.29, 1.82) is 0 Å². The van der Waals surface area contributed by atoms with Crippen LogP contribution in [0.3, 0.4) is 0 Å². The van der Waals surface area contributed by atoms with E-state index in [1.165, 1.54) is 12.8 Å². The van der Waals surface area contributed by atoms with Gasteiger partial charge in [-0.1, -0.05) is 54.6 Å². The summed E-state index contributed by atoms with van der Waals surface area (Å²) in [7, 11) is 1.80. The summed E-state index contributed by atoms with van der Waals surface area (Å²) >= 11 is 0. The Morgan fingerprint density at radius 1 is 0.818 bits per heavy atom. The minimum absolute atomic E-state index is 0.0308. The maximum Gasteiger partial charge on any atom is 0.411 e. The lowest BCUT2D eigenvalue weighted by Gasteiger charge is -2.32. The van der Waals surface area contributed by atoms with Gasteiger partial charge in [0, 0.05) is 63.0 Å². The normalized spacial score (nSPS) is 15.9. The van der Waals surface area contributed by atoms with Gasteiger partial charge in [0.15, 0.2) is 0 Å². The van der Waals surface area contributed by atoms with Crippen LogP contribution in [0.5, 0.6) is 0 Å². The maximum atomic E-state index is 13.1. The molecular formula is C35H43N5O4. The van der Waals surface area contributed by atoms with Crippen molar-refractivity contribution in [1.82, 2.24) is 14.7 Å². The summed E-state index contributed by atoms with van der Waals surface area (Å²) in [6.07, 6.45) is 3.75. The molecule has 2 saturated heterocycles. The zero-order chi connectivity index (χ0) is 30.7. The van der Waals surface area contributed by atoms with Crippen LogP contribution in [0.2, 0.25) is 0 Å². The molecule has 3 aromatic rings. The first-order valence-corrected chi connectivity index (χ1v) is 15.7. The zero-order valence-electron chi connectivity index (χ0n) is 25.5. The molecule has 0 unspecified atom stereocenters. The van der Waals surface area contributed by atoms with Crippen molar-refractivity contribution in [2.45, 2.75) is 38.2 Å². The number of nitrogens with one attached hydrogen (secondary N) is 2. The molecule has 2 heterocycles. The smallest absolute Gasteiger partial charge is 0.411 e. The minimum atomic E-state index is -0.442. The number of rotatable bonds is 11. The largest absolute Gasteiger partial charge is 0.446 e. The molecule has 0 radical (unpaired) electrons. The highest BCUT2D eigenvalue weighted by atomic mass is 16.6. The van der Waals surface area contributed by atoms with E-state index in [1.54, 1.807) is 30.1 Å². The lowest BCUT2D eigenvalue weighted by molar-refractivity contribution is -0.116. The Morgan fingerprint density at radius 2 is 1.52 bits per heavy atom. The molecule has 9 heteroatoms. The van der Waals surface area contributed by atoms with Crippen LogP contribution in [-0.2, 0) is 9.53 Å². The molecule has 0 bridgehead atoms. The van der Waals surface area contributed by atoms with Gasteiger partial charge in [0.25, 0.3) is 5.91 Å². The Hall–Kier alpha value is -4.21. The highest BCUT2D eigenvalue weighted by Gasteiger charge is 2.23. The maximum absolute atomic E-state index is 13.1. The van der Waals surface area contributed by atoms with E-state index in [0.717, 1.165) is 68.9 Å². The van der Waals surface area contributed by atoms with Gasteiger partial charge in [-0.3, -0.25) is 14.9 Å². The van der Waals surface area contributed by atoms with Crippen LogP contribution in [0.25, 0.3) is 11.1 Å². The van der Waals surface area contributed by atoms with Gasteiger partial charge in [0.05, 0.1) is 5.69 Å². The molecule has 44 heavy (non-hydrogen) atoms. The number of carbonyl (C=O) groups excluding carboxylic acids is 3. The Kier molecular flexibility index (Phi) is 11.0. The van der Waals surface area contributed by atoms with Crippen LogP contribution in [0.15, 0.2) is 78.9 Å². The van der Waals surface area contributed by atoms with E-state index < -0.39 is 6.09 Å². The molecule has 0 atom stereocenters. The Balaban J connectivity index is 1.02. The first-order valence-electron chi connectivity index (χ1n) is 15.7. The van der Waals surface area contributed by atoms with Crippen molar-refractivity contribution in [3.63, 3.8) is 0 Å². The quantitative estimate of drug-likeness (QED) is 0.301. The molecule has 3 amide bonds. The number of carbonyl (C=O) groups is 3. The third kappa shape index (κ3) is 8.90. The second kappa shape index (κ2) is 15.5. The average Bonchev–Trinajstić information content (AvgIpc) is 3.58. The van der Waals surface area contributed by atoms with E-state index in [9.17, 15) is 14.4 Å². The molecule has 2 fully saturated rings. The molecule has 232 valence electrons. The van der Waals surface area contributed by atoms with Crippen molar-refractivity contribution in [2.24, 2.45) is 0 Å². The highest BCUT2D eigenvalue weighted by Crippen LogP contribution is 2.28. The van der Waals surface area contributed by atoms with E-state index in [0.29, 0.717) is 24.2 Å². The molecule has 0 spiro atoms. The van der Waals surface area contributed by atoms with Crippen LogP contribution in [0, 0.1) is 0 Å². The lowest BCUT2D eigenvalue weighted by Crippen LogP contribution is -2.42. The fourth-order valence-electron chi connectivity index (χ4n) is 5.84. The molecule has 3 aromatic carbocycles. The van der Waals surface area contributed by atoms with Gasteiger partial charge in [-0.25, -0.2) is 4.79 Å². The second-order valence-electron chi connectivity index (χ2n) is 11.6. The number of ether oxygens (including phenoxy) is 1. The number of nitrogens with zero attached hydrogens (tertiary/aromatic N) is 3. The van der Waals surface area contributed by atoms with E-state index in [1.807, 2.05) is 60.7 Å². The molecule has 5 rings (SSSR count). The van der Waals surface area contributed by atoms with Gasteiger partial charge in [0.2, 0.25) is 5.91 Å². The van der Waals surface area contributed by atoms with Gasteiger partial charge in [0.1, 0.15) is 6.10 Å². The van der Waals surface area contributed by atoms with Crippen LogP contribution in [0.1, 0.15) is 42.5 Å². The second-order valence-corrected chi connectivity index (χ2v) is 11.6. The standard InChI is InChI=1S/C35H43N5O4/c1-38(34(42)28-12-9-13-29(26-28)36-33(41)18-23-39-19-7-8-20-39)24-25-40-21-16-30(17-22-40)44-35(43)37-32-15-6-5-14-31(32)27-10-3-2-4-11-27/h2-6,9-15,26,30H,7-8,16-25H2,1H3,(H,36,41)(H,37,43). The number of amides is 3. The van der Waals surface area contributed by atoms with Crippen molar-refractivity contribution in [3.05, 3.63) is 84.4 Å². The summed E-state index contributed by atoms with van der Waals surface area (Å²) in [5.41, 5.74) is 3.90. The van der Waals surface area contributed by atoms with Crippen LogP contribution >= 0.6 is 0 Å². The Labute approximate surface area is 260 Å². The van der Waals surface area contributed by atoms with Gasteiger partial charge in [-0.2, -0.15) is 0 Å². The summed E-state index contributed by atoms with van der Waals surface area (Å²) in [6.45, 7) is 5.80. The SMILES string of the molecule is CN(CCN1CCC(OC(=O)Nc2ccccc2-c2ccccc2)CC1)C(=O)c1cccc(NC(=O)CCN2CCCC2)c1. The van der Waals surface area contributed by atoms with Crippen LogP contribution in [-0.4, -0.2) is 91.6 Å². The fourth-order valence-corrected chi connectivity index (χ4v) is 5.84. The van der Waals surface area contributed by atoms with Crippen molar-refractivity contribution < 1.29 is 19.1 Å². The molecule has 0 saturated carbocycles. The summed E-state index contributed by atoms with van der Waals surface area (Å²) < 4.78 is 5.76. The molecule has 2 aliphatic rings.